The zero-order valence-electron chi connectivity index (χ0n) is 11.0. The summed E-state index contributed by atoms with van der Waals surface area (Å²) >= 11 is 0. The van der Waals surface area contributed by atoms with E-state index in [1.165, 1.54) is 25.1 Å². The van der Waals surface area contributed by atoms with Crippen molar-refractivity contribution in [2.24, 2.45) is 0 Å². The lowest BCUT2D eigenvalue weighted by atomic mass is 10.2. The summed E-state index contributed by atoms with van der Waals surface area (Å²) in [7, 11) is -3.55. The summed E-state index contributed by atoms with van der Waals surface area (Å²) in [6, 6.07) is 15.2. The lowest BCUT2D eigenvalue weighted by Crippen LogP contribution is -1.99. The van der Waals surface area contributed by atoms with Crippen LogP contribution in [0.5, 0.6) is 0 Å². The molecular formula is C16H14O3S. The third-order valence-electron chi connectivity index (χ3n) is 2.81. The van der Waals surface area contributed by atoms with Crippen LogP contribution in [0.2, 0.25) is 0 Å². The van der Waals surface area contributed by atoms with Crippen molar-refractivity contribution in [1.29, 1.82) is 0 Å². The van der Waals surface area contributed by atoms with E-state index in [1.54, 1.807) is 12.1 Å². The monoisotopic (exact) mass is 286 g/mol. The van der Waals surface area contributed by atoms with Crippen LogP contribution in [0.1, 0.15) is 22.8 Å². The topological polar surface area (TPSA) is 51.2 Å². The summed E-state index contributed by atoms with van der Waals surface area (Å²) in [6.07, 6.45) is 1.54. The van der Waals surface area contributed by atoms with Gasteiger partial charge in [0.05, 0.1) is 4.90 Å². The third-order valence-corrected chi connectivity index (χ3v) is 4.21. The molecule has 3 nitrogen and oxygen atoms in total. The predicted octanol–water partition coefficient (Wildman–Crippen LogP) is 3.33. The molecule has 0 amide bonds. The fraction of sp³-hybridized carbons (Fsp3) is 0.0625. The normalized spacial score (nSPS) is 11.7. The van der Waals surface area contributed by atoms with Crippen LogP contribution < -0.4 is 0 Å². The molecule has 0 saturated heterocycles. The molecule has 0 spiro atoms. The Balaban J connectivity index is 2.34. The molecule has 0 N–H and O–H groups in total. The van der Waals surface area contributed by atoms with Crippen LogP contribution in [0, 0.1) is 0 Å². The van der Waals surface area contributed by atoms with Crippen molar-refractivity contribution < 1.29 is 13.2 Å². The summed E-state index contributed by atoms with van der Waals surface area (Å²) < 4.78 is 24.4. The van der Waals surface area contributed by atoms with E-state index in [4.69, 9.17) is 0 Å². The van der Waals surface area contributed by atoms with Crippen molar-refractivity contribution in [1.82, 2.24) is 0 Å². The van der Waals surface area contributed by atoms with Crippen LogP contribution in [0.4, 0.5) is 0 Å². The van der Waals surface area contributed by atoms with Gasteiger partial charge in [-0.3, -0.25) is 4.79 Å². The molecule has 0 fully saturated rings. The zero-order valence-corrected chi connectivity index (χ0v) is 11.8. The van der Waals surface area contributed by atoms with Gasteiger partial charge in [-0.25, -0.2) is 8.42 Å². The van der Waals surface area contributed by atoms with Crippen LogP contribution in [0.3, 0.4) is 0 Å². The maximum Gasteiger partial charge on any atom is 0.199 e. The van der Waals surface area contributed by atoms with Crippen molar-refractivity contribution in [3.8, 4) is 0 Å². The van der Waals surface area contributed by atoms with Crippen molar-refractivity contribution in [2.75, 3.05) is 0 Å². The fourth-order valence-electron chi connectivity index (χ4n) is 1.70. The van der Waals surface area contributed by atoms with Gasteiger partial charge in [0.1, 0.15) is 0 Å². The summed E-state index contributed by atoms with van der Waals surface area (Å²) in [4.78, 5) is 11.4. The first kappa shape index (κ1) is 14.2. The first-order valence-corrected chi connectivity index (χ1v) is 7.63. The van der Waals surface area contributed by atoms with Gasteiger partial charge >= 0.3 is 0 Å². The van der Waals surface area contributed by atoms with E-state index in [2.05, 4.69) is 0 Å². The quantitative estimate of drug-likeness (QED) is 0.810. The highest BCUT2D eigenvalue weighted by molar-refractivity contribution is 7.94. The Hall–Kier alpha value is -2.20. The molecule has 0 heterocycles. The number of sulfone groups is 1. The highest BCUT2D eigenvalue weighted by Crippen LogP contribution is 2.16. The predicted molar refractivity (Wildman–Crippen MR) is 79.1 cm³/mol. The smallest absolute Gasteiger partial charge is 0.199 e. The highest BCUT2D eigenvalue weighted by atomic mass is 32.2. The van der Waals surface area contributed by atoms with E-state index >= 15 is 0 Å². The molecule has 20 heavy (non-hydrogen) atoms. The van der Waals surface area contributed by atoms with E-state index in [-0.39, 0.29) is 10.7 Å². The van der Waals surface area contributed by atoms with E-state index in [9.17, 15) is 13.2 Å². The first-order valence-electron chi connectivity index (χ1n) is 6.08. The van der Waals surface area contributed by atoms with Crippen LogP contribution in [0.15, 0.2) is 64.9 Å². The number of ketones is 1. The molecule has 2 aromatic carbocycles. The summed E-state index contributed by atoms with van der Waals surface area (Å²) in [5, 5.41) is 1.15. The zero-order chi connectivity index (χ0) is 14.6. The van der Waals surface area contributed by atoms with E-state index < -0.39 is 9.84 Å². The Morgan fingerprint density at radius 1 is 1.00 bits per heavy atom. The second kappa shape index (κ2) is 5.84. The standard InChI is InChI=1S/C16H14O3S/c1-13(17)15-8-5-9-16(12-15)20(18,19)11-10-14-6-3-2-4-7-14/h2-12H,1H3/b11-10+. The molecular weight excluding hydrogens is 272 g/mol. The van der Waals surface area contributed by atoms with Gasteiger partial charge in [-0.05, 0) is 30.7 Å². The Morgan fingerprint density at radius 3 is 2.35 bits per heavy atom. The highest BCUT2D eigenvalue weighted by Gasteiger charge is 2.11. The molecule has 0 atom stereocenters. The van der Waals surface area contributed by atoms with Crippen molar-refractivity contribution in [3.05, 3.63) is 71.1 Å². The van der Waals surface area contributed by atoms with Crippen LogP contribution in [-0.2, 0) is 9.84 Å². The molecule has 102 valence electrons. The van der Waals surface area contributed by atoms with Crippen molar-refractivity contribution in [2.45, 2.75) is 11.8 Å². The third kappa shape index (κ3) is 3.42. The van der Waals surface area contributed by atoms with Gasteiger partial charge in [-0.2, -0.15) is 0 Å². The molecule has 0 aliphatic rings. The Bertz CT molecular complexity index is 744. The minimum atomic E-state index is -3.55. The maximum absolute atomic E-state index is 12.2. The molecule has 2 rings (SSSR count). The minimum Gasteiger partial charge on any atom is -0.295 e. The molecule has 0 aliphatic carbocycles. The lowest BCUT2D eigenvalue weighted by Gasteiger charge is -2.01. The fourth-order valence-corrected chi connectivity index (χ4v) is 2.76. The molecule has 0 bridgehead atoms. The Labute approximate surface area is 118 Å². The second-order valence-electron chi connectivity index (χ2n) is 4.34. The van der Waals surface area contributed by atoms with Gasteiger partial charge < -0.3 is 0 Å². The molecule has 2 aromatic rings. The van der Waals surface area contributed by atoms with Crippen LogP contribution in [-0.4, -0.2) is 14.2 Å². The number of rotatable bonds is 4. The number of Topliss-reactive ketones (excluding diaryl/α,β-unsaturated/α-hetero) is 1. The summed E-state index contributed by atoms with van der Waals surface area (Å²) in [6.45, 7) is 1.41. The van der Waals surface area contributed by atoms with Gasteiger partial charge in [-0.1, -0.05) is 42.5 Å². The molecule has 0 aliphatic heterocycles. The van der Waals surface area contributed by atoms with Gasteiger partial charge in [0.25, 0.3) is 0 Å². The van der Waals surface area contributed by atoms with Crippen LogP contribution in [0.25, 0.3) is 6.08 Å². The number of hydrogen-bond donors (Lipinski definition) is 0. The molecule has 4 heteroatoms. The molecule has 0 saturated carbocycles. The van der Waals surface area contributed by atoms with Crippen molar-refractivity contribution >= 4 is 21.7 Å². The van der Waals surface area contributed by atoms with E-state index in [1.807, 2.05) is 30.3 Å². The van der Waals surface area contributed by atoms with E-state index in [0.29, 0.717) is 5.56 Å². The average Bonchev–Trinajstić information content (AvgIpc) is 2.46. The van der Waals surface area contributed by atoms with Gasteiger partial charge in [0.15, 0.2) is 15.6 Å². The molecule has 0 aromatic heterocycles. The Morgan fingerprint density at radius 2 is 1.70 bits per heavy atom. The Kier molecular flexibility index (Phi) is 4.15. The number of benzene rings is 2. The summed E-state index contributed by atoms with van der Waals surface area (Å²) in [5.41, 5.74) is 1.19. The van der Waals surface area contributed by atoms with Gasteiger partial charge in [0, 0.05) is 11.0 Å². The van der Waals surface area contributed by atoms with Gasteiger partial charge in [0.2, 0.25) is 0 Å². The minimum absolute atomic E-state index is 0.123. The largest absolute Gasteiger partial charge is 0.295 e. The average molecular weight is 286 g/mol. The lowest BCUT2D eigenvalue weighted by molar-refractivity contribution is 0.101. The molecule has 0 unspecified atom stereocenters. The first-order chi connectivity index (χ1) is 9.49. The SMILES string of the molecule is CC(=O)c1cccc(S(=O)(=O)/C=C/c2ccccc2)c1. The second-order valence-corrected chi connectivity index (χ2v) is 6.18. The van der Waals surface area contributed by atoms with Gasteiger partial charge in [-0.15, -0.1) is 0 Å². The number of carbonyl (C=O) groups excluding carboxylic acids is 1. The van der Waals surface area contributed by atoms with Crippen molar-refractivity contribution in [3.63, 3.8) is 0 Å². The number of hydrogen-bond acceptors (Lipinski definition) is 3. The summed E-state index contributed by atoms with van der Waals surface area (Å²) in [5.74, 6) is -0.158. The number of carbonyl (C=O) groups is 1. The maximum atomic E-state index is 12.2. The molecule has 0 radical (unpaired) electrons. The van der Waals surface area contributed by atoms with E-state index in [0.717, 1.165) is 11.0 Å². The van der Waals surface area contributed by atoms with Crippen LogP contribution >= 0.6 is 0 Å².